The van der Waals surface area contributed by atoms with Crippen LogP contribution in [0.3, 0.4) is 0 Å². The normalized spacial score (nSPS) is 22.7. The fourth-order valence-corrected chi connectivity index (χ4v) is 2.77. The molecule has 0 saturated carbocycles. The molecule has 3 heteroatoms. The summed E-state index contributed by atoms with van der Waals surface area (Å²) in [4.78, 5) is 2.60. The first-order valence-electron chi connectivity index (χ1n) is 6.99. The Hall–Kier alpha value is -1.06. The zero-order valence-electron chi connectivity index (χ0n) is 11.1. The Kier molecular flexibility index (Phi) is 3.52. The van der Waals surface area contributed by atoms with Crippen molar-refractivity contribution >= 4 is 0 Å². The first-order chi connectivity index (χ1) is 8.81. The Labute approximate surface area is 109 Å². The quantitative estimate of drug-likeness (QED) is 0.880. The zero-order valence-corrected chi connectivity index (χ0v) is 11.1. The highest BCUT2D eigenvalue weighted by atomic mass is 16.5. The summed E-state index contributed by atoms with van der Waals surface area (Å²) in [5.41, 5.74) is 1.27. The maximum atomic E-state index is 6.07. The number of aryl methyl sites for hydroxylation is 1. The molecule has 1 aromatic rings. The third kappa shape index (κ3) is 2.68. The van der Waals surface area contributed by atoms with E-state index >= 15 is 0 Å². The van der Waals surface area contributed by atoms with E-state index in [0.717, 1.165) is 24.6 Å². The number of likely N-dealkylation sites (tertiary alicyclic amines) is 1. The van der Waals surface area contributed by atoms with Crippen molar-refractivity contribution in [2.75, 3.05) is 26.2 Å². The van der Waals surface area contributed by atoms with Gasteiger partial charge in [-0.05, 0) is 37.5 Å². The van der Waals surface area contributed by atoms with E-state index in [4.69, 9.17) is 4.74 Å². The Balaban J connectivity index is 1.50. The Morgan fingerprint density at radius 3 is 2.61 bits per heavy atom. The second-order valence-corrected chi connectivity index (χ2v) is 5.48. The van der Waals surface area contributed by atoms with E-state index in [-0.39, 0.29) is 0 Å². The molecule has 3 rings (SSSR count). The van der Waals surface area contributed by atoms with Gasteiger partial charge in [0.1, 0.15) is 11.9 Å². The van der Waals surface area contributed by atoms with Crippen LogP contribution in [0.5, 0.6) is 5.75 Å². The van der Waals surface area contributed by atoms with E-state index in [1.807, 2.05) is 0 Å². The minimum Gasteiger partial charge on any atom is -0.490 e. The average Bonchev–Trinajstić information content (AvgIpc) is 2.29. The van der Waals surface area contributed by atoms with Crippen molar-refractivity contribution in [3.05, 3.63) is 29.8 Å². The van der Waals surface area contributed by atoms with Crippen LogP contribution in [-0.4, -0.2) is 43.2 Å². The summed E-state index contributed by atoms with van der Waals surface area (Å²) >= 11 is 0. The van der Waals surface area contributed by atoms with Crippen LogP contribution in [0.4, 0.5) is 0 Å². The van der Waals surface area contributed by atoms with Crippen molar-refractivity contribution in [3.8, 4) is 5.75 Å². The fourth-order valence-electron chi connectivity index (χ4n) is 2.77. The number of ether oxygens (including phenoxy) is 1. The minimum atomic E-state index is 0.399. The van der Waals surface area contributed by atoms with Crippen molar-refractivity contribution in [1.29, 1.82) is 0 Å². The molecule has 0 aliphatic carbocycles. The number of benzene rings is 1. The Morgan fingerprint density at radius 2 is 2.00 bits per heavy atom. The molecule has 0 amide bonds. The molecule has 0 bridgehead atoms. The van der Waals surface area contributed by atoms with Crippen molar-refractivity contribution in [1.82, 2.24) is 10.2 Å². The highest BCUT2D eigenvalue weighted by Gasteiger charge is 2.29. The predicted molar refractivity (Wildman–Crippen MR) is 73.1 cm³/mol. The topological polar surface area (TPSA) is 24.5 Å². The number of hydrogen-bond donors (Lipinski definition) is 1. The van der Waals surface area contributed by atoms with Gasteiger partial charge in [-0.3, -0.25) is 4.90 Å². The van der Waals surface area contributed by atoms with Crippen LogP contribution in [0.1, 0.15) is 18.4 Å². The standard InChI is InChI=1S/C15H22N2O/c1-12-3-2-4-15(9-12)18-14-5-7-17(8-6-14)13-10-16-11-13/h2-4,9,13-14,16H,5-8,10-11H2,1H3. The van der Waals surface area contributed by atoms with Crippen LogP contribution in [0, 0.1) is 6.92 Å². The minimum absolute atomic E-state index is 0.399. The predicted octanol–water partition coefficient (Wildman–Crippen LogP) is 1.81. The van der Waals surface area contributed by atoms with Crippen molar-refractivity contribution in [2.45, 2.75) is 31.9 Å². The molecular weight excluding hydrogens is 224 g/mol. The maximum absolute atomic E-state index is 6.07. The van der Waals surface area contributed by atoms with Crippen molar-refractivity contribution in [2.24, 2.45) is 0 Å². The number of nitrogens with zero attached hydrogens (tertiary/aromatic N) is 1. The smallest absolute Gasteiger partial charge is 0.119 e. The average molecular weight is 246 g/mol. The second kappa shape index (κ2) is 5.29. The lowest BCUT2D eigenvalue weighted by molar-refractivity contribution is 0.0582. The van der Waals surface area contributed by atoms with Gasteiger partial charge < -0.3 is 10.1 Å². The summed E-state index contributed by atoms with van der Waals surface area (Å²) in [6.07, 6.45) is 2.71. The SMILES string of the molecule is Cc1cccc(OC2CCN(C3CNC3)CC2)c1. The second-order valence-electron chi connectivity index (χ2n) is 5.48. The van der Waals surface area contributed by atoms with Gasteiger partial charge in [0.15, 0.2) is 0 Å². The van der Waals surface area contributed by atoms with Crippen molar-refractivity contribution in [3.63, 3.8) is 0 Å². The molecule has 2 heterocycles. The zero-order chi connectivity index (χ0) is 12.4. The molecule has 2 aliphatic heterocycles. The van der Waals surface area contributed by atoms with Crippen LogP contribution in [0.25, 0.3) is 0 Å². The van der Waals surface area contributed by atoms with E-state index < -0.39 is 0 Å². The lowest BCUT2D eigenvalue weighted by Gasteiger charge is -2.42. The summed E-state index contributed by atoms with van der Waals surface area (Å²) in [6.45, 7) is 6.82. The Bertz CT molecular complexity index is 395. The summed E-state index contributed by atoms with van der Waals surface area (Å²) < 4.78 is 6.07. The molecule has 1 N–H and O–H groups in total. The molecule has 98 valence electrons. The summed E-state index contributed by atoms with van der Waals surface area (Å²) in [5, 5.41) is 3.34. The largest absolute Gasteiger partial charge is 0.490 e. The van der Waals surface area contributed by atoms with Crippen LogP contribution in [-0.2, 0) is 0 Å². The molecule has 2 saturated heterocycles. The van der Waals surface area contributed by atoms with E-state index in [9.17, 15) is 0 Å². The molecule has 1 aromatic carbocycles. The van der Waals surface area contributed by atoms with Gasteiger partial charge in [0.25, 0.3) is 0 Å². The van der Waals surface area contributed by atoms with Gasteiger partial charge in [0.2, 0.25) is 0 Å². The van der Waals surface area contributed by atoms with Crippen LogP contribution in [0.15, 0.2) is 24.3 Å². The van der Waals surface area contributed by atoms with Crippen LogP contribution in [0.2, 0.25) is 0 Å². The summed E-state index contributed by atoms with van der Waals surface area (Å²) in [5.74, 6) is 1.03. The molecule has 2 aliphatic rings. The highest BCUT2D eigenvalue weighted by molar-refractivity contribution is 5.27. The maximum Gasteiger partial charge on any atom is 0.119 e. The lowest BCUT2D eigenvalue weighted by Crippen LogP contribution is -2.59. The van der Waals surface area contributed by atoms with E-state index in [1.165, 1.54) is 31.7 Å². The number of piperidine rings is 1. The third-order valence-corrected chi connectivity index (χ3v) is 4.05. The molecular formula is C15H22N2O. The number of hydrogen-bond acceptors (Lipinski definition) is 3. The monoisotopic (exact) mass is 246 g/mol. The molecule has 0 spiro atoms. The van der Waals surface area contributed by atoms with E-state index in [1.54, 1.807) is 0 Å². The summed E-state index contributed by atoms with van der Waals surface area (Å²) in [6, 6.07) is 9.15. The Morgan fingerprint density at radius 1 is 1.22 bits per heavy atom. The fraction of sp³-hybridized carbons (Fsp3) is 0.600. The van der Waals surface area contributed by atoms with Gasteiger partial charge in [-0.25, -0.2) is 0 Å². The van der Waals surface area contributed by atoms with Crippen LogP contribution < -0.4 is 10.1 Å². The highest BCUT2D eigenvalue weighted by Crippen LogP contribution is 2.21. The van der Waals surface area contributed by atoms with Gasteiger partial charge in [-0.2, -0.15) is 0 Å². The molecule has 0 unspecified atom stereocenters. The first-order valence-corrected chi connectivity index (χ1v) is 6.99. The van der Waals surface area contributed by atoms with Gasteiger partial charge in [-0.15, -0.1) is 0 Å². The van der Waals surface area contributed by atoms with E-state index in [2.05, 4.69) is 41.4 Å². The van der Waals surface area contributed by atoms with E-state index in [0.29, 0.717) is 6.10 Å². The molecule has 3 nitrogen and oxygen atoms in total. The molecule has 18 heavy (non-hydrogen) atoms. The van der Waals surface area contributed by atoms with Gasteiger partial charge in [0, 0.05) is 32.2 Å². The third-order valence-electron chi connectivity index (χ3n) is 4.05. The molecule has 0 radical (unpaired) electrons. The van der Waals surface area contributed by atoms with Gasteiger partial charge in [-0.1, -0.05) is 12.1 Å². The molecule has 0 aromatic heterocycles. The first kappa shape index (κ1) is 12.0. The number of rotatable bonds is 3. The lowest BCUT2D eigenvalue weighted by atomic mass is 10.0. The van der Waals surface area contributed by atoms with Gasteiger partial charge in [0.05, 0.1) is 0 Å². The van der Waals surface area contributed by atoms with Crippen molar-refractivity contribution < 1.29 is 4.74 Å². The molecule has 2 fully saturated rings. The summed E-state index contributed by atoms with van der Waals surface area (Å²) in [7, 11) is 0. The number of nitrogens with one attached hydrogen (secondary N) is 1. The van der Waals surface area contributed by atoms with Gasteiger partial charge >= 0.3 is 0 Å². The molecule has 0 atom stereocenters. The van der Waals surface area contributed by atoms with Crippen LogP contribution >= 0.6 is 0 Å².